The first kappa shape index (κ1) is 8.51. The Kier molecular flexibility index (Phi) is 2.27. The van der Waals surface area contributed by atoms with Crippen LogP contribution in [0.4, 0.5) is 14.5 Å². The number of halogens is 2. The highest BCUT2D eigenvalue weighted by Crippen LogP contribution is 2.21. The van der Waals surface area contributed by atoms with Crippen molar-refractivity contribution >= 4 is 5.69 Å². The maximum Gasteiger partial charge on any atom is 0.288 e. The Morgan fingerprint density at radius 2 is 2.17 bits per heavy atom. The van der Waals surface area contributed by atoms with Gasteiger partial charge in [-0.05, 0) is 0 Å². The Morgan fingerprint density at radius 3 is 2.67 bits per heavy atom. The van der Waals surface area contributed by atoms with Crippen LogP contribution in [0.1, 0.15) is 12.0 Å². The van der Waals surface area contributed by atoms with Crippen LogP contribution in [0.5, 0.6) is 0 Å². The first-order valence-electron chi connectivity index (χ1n) is 2.98. The van der Waals surface area contributed by atoms with E-state index in [9.17, 15) is 18.9 Å². The lowest BCUT2D eigenvalue weighted by Gasteiger charge is -1.96. The second kappa shape index (κ2) is 3.21. The lowest BCUT2D eigenvalue weighted by molar-refractivity contribution is -0.385. The van der Waals surface area contributed by atoms with E-state index in [1.165, 1.54) is 0 Å². The minimum absolute atomic E-state index is 0.423. The number of hydrogen-bond acceptors (Lipinski definition) is 3. The van der Waals surface area contributed by atoms with Crippen LogP contribution in [0, 0.1) is 10.1 Å². The molecular formula is C6H4F2N2O2. The summed E-state index contributed by atoms with van der Waals surface area (Å²) in [7, 11) is 0. The van der Waals surface area contributed by atoms with Crippen molar-refractivity contribution in [3.8, 4) is 0 Å². The maximum atomic E-state index is 11.9. The minimum atomic E-state index is -2.72. The van der Waals surface area contributed by atoms with Crippen molar-refractivity contribution in [1.82, 2.24) is 4.98 Å². The average Bonchev–Trinajstić information content (AvgIpc) is 2.04. The normalized spacial score (nSPS) is 10.2. The van der Waals surface area contributed by atoms with E-state index in [4.69, 9.17) is 0 Å². The molecule has 0 fully saturated rings. The fourth-order valence-corrected chi connectivity index (χ4v) is 0.664. The van der Waals surface area contributed by atoms with Crippen LogP contribution in [0.3, 0.4) is 0 Å². The summed E-state index contributed by atoms with van der Waals surface area (Å²) in [5.74, 6) is 0. The molecule has 12 heavy (non-hydrogen) atoms. The van der Waals surface area contributed by atoms with E-state index in [1.807, 2.05) is 0 Å². The molecule has 0 spiro atoms. The fraction of sp³-hybridized carbons (Fsp3) is 0.167. The number of hydrogen-bond donors (Lipinski definition) is 0. The van der Waals surface area contributed by atoms with Gasteiger partial charge in [0.25, 0.3) is 12.1 Å². The molecule has 0 atom stereocenters. The molecule has 0 radical (unpaired) electrons. The molecule has 1 aromatic heterocycles. The second-order valence-corrected chi connectivity index (χ2v) is 2.03. The van der Waals surface area contributed by atoms with Crippen LogP contribution in [-0.4, -0.2) is 9.91 Å². The molecule has 0 saturated carbocycles. The van der Waals surface area contributed by atoms with Crippen molar-refractivity contribution in [2.75, 3.05) is 0 Å². The topological polar surface area (TPSA) is 56.0 Å². The summed E-state index contributed by atoms with van der Waals surface area (Å²) in [6.07, 6.45) is -0.902. The summed E-state index contributed by atoms with van der Waals surface area (Å²) in [6.45, 7) is 0. The van der Waals surface area contributed by atoms with Crippen molar-refractivity contribution in [3.05, 3.63) is 34.1 Å². The third kappa shape index (κ3) is 1.71. The van der Waals surface area contributed by atoms with E-state index in [2.05, 4.69) is 4.98 Å². The van der Waals surface area contributed by atoms with Gasteiger partial charge in [-0.15, -0.1) is 0 Å². The fourth-order valence-electron chi connectivity index (χ4n) is 0.664. The van der Waals surface area contributed by atoms with Crippen molar-refractivity contribution in [2.45, 2.75) is 6.43 Å². The summed E-state index contributed by atoms with van der Waals surface area (Å²) in [4.78, 5) is 12.6. The average molecular weight is 174 g/mol. The SMILES string of the molecule is O=[N+]([O-])c1cncc(C(F)F)c1. The van der Waals surface area contributed by atoms with Gasteiger partial charge in [-0.2, -0.15) is 0 Å². The summed E-state index contributed by atoms with van der Waals surface area (Å²) in [6, 6.07) is 0.803. The number of pyridine rings is 1. The number of alkyl halides is 2. The van der Waals surface area contributed by atoms with Gasteiger partial charge in [-0.1, -0.05) is 0 Å². The number of aromatic nitrogens is 1. The molecule has 1 rings (SSSR count). The Balaban J connectivity index is 3.04. The van der Waals surface area contributed by atoms with Gasteiger partial charge in [-0.25, -0.2) is 8.78 Å². The highest BCUT2D eigenvalue weighted by molar-refractivity contribution is 5.30. The lowest BCUT2D eigenvalue weighted by atomic mass is 10.3. The Bertz CT molecular complexity index is 303. The van der Waals surface area contributed by atoms with Crippen LogP contribution < -0.4 is 0 Å². The lowest BCUT2D eigenvalue weighted by Crippen LogP contribution is -1.92. The van der Waals surface area contributed by atoms with Gasteiger partial charge in [0.1, 0.15) is 6.20 Å². The summed E-state index contributed by atoms with van der Waals surface area (Å²) in [5.41, 5.74) is -0.864. The van der Waals surface area contributed by atoms with Gasteiger partial charge in [0.2, 0.25) is 0 Å². The smallest absolute Gasteiger partial charge is 0.258 e. The molecule has 0 saturated heterocycles. The molecule has 0 unspecified atom stereocenters. The van der Waals surface area contributed by atoms with Crippen LogP contribution in [0.15, 0.2) is 18.5 Å². The molecule has 1 heterocycles. The largest absolute Gasteiger partial charge is 0.288 e. The molecule has 0 N–H and O–H groups in total. The highest BCUT2D eigenvalue weighted by atomic mass is 19.3. The first-order chi connectivity index (χ1) is 5.61. The number of nitrogens with zero attached hydrogens (tertiary/aromatic N) is 2. The van der Waals surface area contributed by atoms with E-state index in [0.29, 0.717) is 0 Å². The molecule has 0 aliphatic heterocycles. The number of nitro groups is 1. The zero-order chi connectivity index (χ0) is 9.14. The van der Waals surface area contributed by atoms with Gasteiger partial charge < -0.3 is 0 Å². The molecule has 0 aliphatic rings. The molecule has 0 aliphatic carbocycles. The van der Waals surface area contributed by atoms with Gasteiger partial charge in [-0.3, -0.25) is 15.1 Å². The Morgan fingerprint density at radius 1 is 1.50 bits per heavy atom. The van der Waals surface area contributed by atoms with Gasteiger partial charge in [0, 0.05) is 17.8 Å². The molecular weight excluding hydrogens is 170 g/mol. The van der Waals surface area contributed by atoms with Crippen LogP contribution in [0.2, 0.25) is 0 Å². The summed E-state index contributed by atoms with van der Waals surface area (Å²) in [5, 5.41) is 10.1. The predicted octanol–water partition coefficient (Wildman–Crippen LogP) is 1.93. The van der Waals surface area contributed by atoms with E-state index in [0.717, 1.165) is 18.5 Å². The zero-order valence-electron chi connectivity index (χ0n) is 5.78. The molecule has 1 aromatic rings. The third-order valence-corrected chi connectivity index (χ3v) is 1.21. The molecule has 4 nitrogen and oxygen atoms in total. The standard InChI is InChI=1S/C6H4F2N2O2/c7-6(8)4-1-5(10(11)12)3-9-2-4/h1-3,6H. The van der Waals surface area contributed by atoms with Gasteiger partial charge in [0.05, 0.1) is 4.92 Å². The maximum absolute atomic E-state index is 11.9. The minimum Gasteiger partial charge on any atom is -0.258 e. The van der Waals surface area contributed by atoms with E-state index in [1.54, 1.807) is 0 Å². The molecule has 0 bridgehead atoms. The van der Waals surface area contributed by atoms with Crippen molar-refractivity contribution in [1.29, 1.82) is 0 Å². The monoisotopic (exact) mass is 174 g/mol. The number of rotatable bonds is 2. The van der Waals surface area contributed by atoms with E-state index in [-0.39, 0.29) is 0 Å². The highest BCUT2D eigenvalue weighted by Gasteiger charge is 2.12. The van der Waals surface area contributed by atoms with E-state index < -0.39 is 22.6 Å². The van der Waals surface area contributed by atoms with Crippen molar-refractivity contribution in [2.24, 2.45) is 0 Å². The Labute approximate surface area is 66.0 Å². The van der Waals surface area contributed by atoms with Crippen molar-refractivity contribution < 1.29 is 13.7 Å². The van der Waals surface area contributed by atoms with Gasteiger partial charge in [0.15, 0.2) is 0 Å². The Hall–Kier alpha value is -1.59. The molecule has 6 heteroatoms. The predicted molar refractivity (Wildman–Crippen MR) is 35.8 cm³/mol. The molecule has 64 valence electrons. The molecule has 0 amide bonds. The zero-order valence-corrected chi connectivity index (χ0v) is 5.78. The molecule has 0 aromatic carbocycles. The van der Waals surface area contributed by atoms with Crippen LogP contribution in [-0.2, 0) is 0 Å². The quantitative estimate of drug-likeness (QED) is 0.508. The van der Waals surface area contributed by atoms with Crippen LogP contribution >= 0.6 is 0 Å². The van der Waals surface area contributed by atoms with Crippen molar-refractivity contribution in [3.63, 3.8) is 0 Å². The van der Waals surface area contributed by atoms with Crippen LogP contribution in [0.25, 0.3) is 0 Å². The second-order valence-electron chi connectivity index (χ2n) is 2.03. The summed E-state index contributed by atoms with van der Waals surface area (Å²) < 4.78 is 23.9. The van der Waals surface area contributed by atoms with E-state index >= 15 is 0 Å². The summed E-state index contributed by atoms with van der Waals surface area (Å²) >= 11 is 0. The third-order valence-electron chi connectivity index (χ3n) is 1.21. The first-order valence-corrected chi connectivity index (χ1v) is 2.98. The van der Waals surface area contributed by atoms with Gasteiger partial charge >= 0.3 is 0 Å².